The predicted molar refractivity (Wildman–Crippen MR) is 106 cm³/mol. The van der Waals surface area contributed by atoms with Gasteiger partial charge in [-0.1, -0.05) is 60.5 Å². The van der Waals surface area contributed by atoms with Gasteiger partial charge in [0, 0.05) is 10.5 Å². The van der Waals surface area contributed by atoms with E-state index in [-0.39, 0.29) is 0 Å². The van der Waals surface area contributed by atoms with Gasteiger partial charge in [-0.25, -0.2) is 0 Å². The molecule has 0 aliphatic rings. The Kier molecular flexibility index (Phi) is 5.49. The highest BCUT2D eigenvalue weighted by molar-refractivity contribution is 8.00. The Labute approximate surface area is 154 Å². The van der Waals surface area contributed by atoms with Crippen molar-refractivity contribution in [3.8, 4) is 11.1 Å². The number of hydrogen-bond donors (Lipinski definition) is 1. The highest BCUT2D eigenvalue weighted by atomic mass is 32.2. The fourth-order valence-corrected chi connectivity index (χ4v) is 3.68. The third-order valence-corrected chi connectivity index (χ3v) is 5.23. The van der Waals surface area contributed by atoms with Crippen LogP contribution in [0.2, 0.25) is 0 Å². The molecule has 0 saturated heterocycles. The number of nitrogens with one attached hydrogen (secondary N) is 1. The number of hydrogen-bond acceptors (Lipinski definition) is 4. The quantitative estimate of drug-likeness (QED) is 0.525. The van der Waals surface area contributed by atoms with Gasteiger partial charge in [-0.05, 0) is 61.9 Å². The van der Waals surface area contributed by atoms with E-state index in [1.54, 1.807) is 11.9 Å². The number of benzene rings is 2. The third-order valence-electron chi connectivity index (χ3n) is 4.37. The molecule has 0 radical (unpaired) electrons. The largest absolute Gasteiger partial charge is 0.337 e. The molecule has 2 aromatic carbocycles. The summed E-state index contributed by atoms with van der Waals surface area (Å²) in [5.74, 6) is 0.718. The van der Waals surface area contributed by atoms with Crippen LogP contribution >= 0.6 is 11.9 Å². The van der Waals surface area contributed by atoms with Crippen molar-refractivity contribution < 1.29 is 4.52 Å². The zero-order chi connectivity index (χ0) is 17.8. The van der Waals surface area contributed by atoms with E-state index >= 15 is 0 Å². The van der Waals surface area contributed by atoms with Gasteiger partial charge in [0.2, 0.25) is 5.88 Å². The lowest BCUT2D eigenvalue weighted by Crippen LogP contribution is -1.94. The fraction of sp³-hybridized carbons (Fsp3) is 0.286. The van der Waals surface area contributed by atoms with Crippen molar-refractivity contribution in [3.05, 3.63) is 64.8 Å². The van der Waals surface area contributed by atoms with Gasteiger partial charge in [-0.3, -0.25) is 4.72 Å². The molecule has 1 N–H and O–H groups in total. The summed E-state index contributed by atoms with van der Waals surface area (Å²) in [6.07, 6.45) is 2.23. The van der Waals surface area contributed by atoms with E-state index in [1.807, 2.05) is 13.8 Å². The first-order chi connectivity index (χ1) is 12.1. The summed E-state index contributed by atoms with van der Waals surface area (Å²) in [4.78, 5) is 1.18. The summed E-state index contributed by atoms with van der Waals surface area (Å²) in [6, 6.07) is 15.2. The number of rotatable bonds is 6. The molecule has 3 rings (SSSR count). The van der Waals surface area contributed by atoms with Crippen LogP contribution in [0.25, 0.3) is 11.1 Å². The maximum atomic E-state index is 5.36. The second-order valence-electron chi connectivity index (χ2n) is 6.33. The SMILES string of the molecule is CCCc1cc(C)ccc1-c1ccccc1SNc1onc(C)c1C. The molecule has 3 aromatic rings. The van der Waals surface area contributed by atoms with Crippen LogP contribution in [-0.4, -0.2) is 5.16 Å². The minimum atomic E-state index is 0.718. The lowest BCUT2D eigenvalue weighted by Gasteiger charge is -2.14. The normalized spacial score (nSPS) is 10.9. The Morgan fingerprint density at radius 3 is 2.56 bits per heavy atom. The zero-order valence-corrected chi connectivity index (χ0v) is 16.0. The molecular weight excluding hydrogens is 328 g/mol. The number of anilines is 1. The van der Waals surface area contributed by atoms with E-state index in [2.05, 4.69) is 66.2 Å². The Hall–Kier alpha value is -2.20. The van der Waals surface area contributed by atoms with Crippen LogP contribution < -0.4 is 4.72 Å². The van der Waals surface area contributed by atoms with Crippen molar-refractivity contribution in [1.82, 2.24) is 5.16 Å². The lowest BCUT2D eigenvalue weighted by atomic mass is 9.95. The van der Waals surface area contributed by atoms with Crippen LogP contribution in [0, 0.1) is 20.8 Å². The van der Waals surface area contributed by atoms with Gasteiger partial charge in [0.15, 0.2) is 0 Å². The first kappa shape index (κ1) is 17.6. The average molecular weight is 353 g/mol. The van der Waals surface area contributed by atoms with Gasteiger partial charge in [0.05, 0.1) is 5.69 Å². The molecule has 4 heteroatoms. The maximum absolute atomic E-state index is 5.36. The van der Waals surface area contributed by atoms with Gasteiger partial charge >= 0.3 is 0 Å². The molecule has 0 spiro atoms. The molecule has 0 saturated carbocycles. The van der Waals surface area contributed by atoms with E-state index in [0.717, 1.165) is 30.0 Å². The molecule has 130 valence electrons. The molecule has 0 bridgehead atoms. The van der Waals surface area contributed by atoms with Gasteiger partial charge in [-0.15, -0.1) is 0 Å². The summed E-state index contributed by atoms with van der Waals surface area (Å²) in [6.45, 7) is 8.34. The number of aryl methyl sites for hydroxylation is 3. The Bertz CT molecular complexity index is 870. The van der Waals surface area contributed by atoms with E-state index in [1.165, 1.54) is 27.1 Å². The van der Waals surface area contributed by atoms with Crippen molar-refractivity contribution >= 4 is 17.8 Å². The topological polar surface area (TPSA) is 38.1 Å². The summed E-state index contributed by atoms with van der Waals surface area (Å²) in [5, 5.41) is 4.01. The number of nitrogens with zero attached hydrogens (tertiary/aromatic N) is 1. The second-order valence-corrected chi connectivity index (χ2v) is 7.18. The molecule has 0 unspecified atom stereocenters. The Morgan fingerprint density at radius 2 is 1.84 bits per heavy atom. The summed E-state index contributed by atoms with van der Waals surface area (Å²) in [5.41, 5.74) is 7.23. The monoisotopic (exact) mass is 352 g/mol. The first-order valence-corrected chi connectivity index (χ1v) is 9.46. The van der Waals surface area contributed by atoms with Crippen molar-refractivity contribution in [2.24, 2.45) is 0 Å². The third kappa shape index (κ3) is 3.90. The van der Waals surface area contributed by atoms with Crippen LogP contribution in [0.5, 0.6) is 0 Å². The van der Waals surface area contributed by atoms with Crippen molar-refractivity contribution in [1.29, 1.82) is 0 Å². The molecule has 0 aliphatic heterocycles. The molecule has 25 heavy (non-hydrogen) atoms. The summed E-state index contributed by atoms with van der Waals surface area (Å²) < 4.78 is 8.67. The van der Waals surface area contributed by atoms with Gasteiger partial charge < -0.3 is 4.52 Å². The minimum absolute atomic E-state index is 0.718. The summed E-state index contributed by atoms with van der Waals surface area (Å²) >= 11 is 1.57. The average Bonchev–Trinajstić information content (AvgIpc) is 2.93. The molecule has 1 heterocycles. The zero-order valence-electron chi connectivity index (χ0n) is 15.2. The van der Waals surface area contributed by atoms with E-state index in [9.17, 15) is 0 Å². The van der Waals surface area contributed by atoms with E-state index in [4.69, 9.17) is 4.52 Å². The fourth-order valence-electron chi connectivity index (χ4n) is 2.85. The van der Waals surface area contributed by atoms with E-state index in [0.29, 0.717) is 0 Å². The smallest absolute Gasteiger partial charge is 0.237 e. The molecule has 0 amide bonds. The second kappa shape index (κ2) is 7.79. The highest BCUT2D eigenvalue weighted by Crippen LogP contribution is 2.35. The molecule has 0 aliphatic carbocycles. The lowest BCUT2D eigenvalue weighted by molar-refractivity contribution is 0.431. The first-order valence-electron chi connectivity index (χ1n) is 8.64. The van der Waals surface area contributed by atoms with Gasteiger partial charge in [0.1, 0.15) is 0 Å². The van der Waals surface area contributed by atoms with Crippen molar-refractivity contribution in [2.75, 3.05) is 4.72 Å². The Morgan fingerprint density at radius 1 is 1.04 bits per heavy atom. The molecule has 0 atom stereocenters. The highest BCUT2D eigenvalue weighted by Gasteiger charge is 2.12. The van der Waals surface area contributed by atoms with Crippen LogP contribution in [0.3, 0.4) is 0 Å². The van der Waals surface area contributed by atoms with E-state index < -0.39 is 0 Å². The standard InChI is InChI=1S/C21H24N2OS/c1-5-8-17-13-14(2)11-12-18(17)19-9-6-7-10-20(19)25-23-21-15(3)16(4)22-24-21/h6-7,9-13,23H,5,8H2,1-4H3. The van der Waals surface area contributed by atoms with Crippen LogP contribution in [-0.2, 0) is 6.42 Å². The van der Waals surface area contributed by atoms with Crippen LogP contribution in [0.15, 0.2) is 51.9 Å². The van der Waals surface area contributed by atoms with Crippen LogP contribution in [0.1, 0.15) is 35.7 Å². The maximum Gasteiger partial charge on any atom is 0.237 e. The molecular formula is C21H24N2OS. The van der Waals surface area contributed by atoms with Gasteiger partial charge in [-0.2, -0.15) is 0 Å². The Balaban J connectivity index is 1.92. The molecule has 1 aromatic heterocycles. The van der Waals surface area contributed by atoms with Crippen LogP contribution in [0.4, 0.5) is 5.88 Å². The predicted octanol–water partition coefficient (Wildman–Crippen LogP) is 6.34. The summed E-state index contributed by atoms with van der Waals surface area (Å²) in [7, 11) is 0. The van der Waals surface area contributed by atoms with Gasteiger partial charge in [0.25, 0.3) is 0 Å². The van der Waals surface area contributed by atoms with Crippen molar-refractivity contribution in [2.45, 2.75) is 45.4 Å². The number of aromatic nitrogens is 1. The molecule has 0 fully saturated rings. The minimum Gasteiger partial charge on any atom is -0.337 e. The molecule has 3 nitrogen and oxygen atoms in total. The van der Waals surface area contributed by atoms with Crippen molar-refractivity contribution in [3.63, 3.8) is 0 Å².